The number of fused-ring (bicyclic) bond motifs is 1. The number of carboxylic acid groups (broad SMARTS) is 1. The van der Waals surface area contributed by atoms with Crippen LogP contribution in [0.4, 0.5) is 0 Å². The normalized spacial score (nSPS) is 10.3. The van der Waals surface area contributed by atoms with Crippen LogP contribution >= 0.6 is 0 Å². The Hall–Kier alpha value is -2.17. The lowest BCUT2D eigenvalue weighted by Gasteiger charge is -2.00. The molecule has 0 amide bonds. The molecule has 5 nitrogen and oxygen atoms in total. The van der Waals surface area contributed by atoms with E-state index in [1.54, 1.807) is 0 Å². The third-order valence-corrected chi connectivity index (χ3v) is 1.82. The smallest absolute Gasteiger partial charge is 0.339 e. The van der Waals surface area contributed by atoms with Gasteiger partial charge < -0.3 is 10.2 Å². The summed E-state index contributed by atoms with van der Waals surface area (Å²) in [5.74, 6) is -1.49. The molecule has 1 aromatic heterocycles. The van der Waals surface area contributed by atoms with Crippen LogP contribution in [-0.4, -0.2) is 26.2 Å². The summed E-state index contributed by atoms with van der Waals surface area (Å²) >= 11 is 0. The van der Waals surface area contributed by atoms with Gasteiger partial charge >= 0.3 is 5.97 Å². The summed E-state index contributed by atoms with van der Waals surface area (Å²) in [5, 5.41) is 18.0. The van der Waals surface area contributed by atoms with Gasteiger partial charge in [-0.25, -0.2) is 4.79 Å². The minimum Gasteiger partial charge on any atom is -0.507 e. The van der Waals surface area contributed by atoms with Gasteiger partial charge in [-0.05, 0) is 6.07 Å². The number of carbonyl (C=O) groups is 1. The summed E-state index contributed by atoms with van der Waals surface area (Å²) in [6.07, 6.45) is 2.94. The summed E-state index contributed by atoms with van der Waals surface area (Å²) in [6.45, 7) is 0. The SMILES string of the molecule is O=C(O)c1cc2nccnc2cc1O. The molecule has 0 bridgehead atoms. The van der Waals surface area contributed by atoms with Gasteiger partial charge in [-0.2, -0.15) is 0 Å². The Morgan fingerprint density at radius 2 is 1.71 bits per heavy atom. The number of hydrogen-bond donors (Lipinski definition) is 2. The van der Waals surface area contributed by atoms with Crippen LogP contribution in [0.25, 0.3) is 11.0 Å². The zero-order chi connectivity index (χ0) is 10.1. The van der Waals surface area contributed by atoms with Gasteiger partial charge in [0, 0.05) is 18.5 Å². The zero-order valence-electron chi connectivity index (χ0n) is 7.01. The molecule has 0 fully saturated rings. The number of aromatic carboxylic acids is 1. The minimum absolute atomic E-state index is 0.169. The van der Waals surface area contributed by atoms with E-state index in [1.807, 2.05) is 0 Å². The average Bonchev–Trinajstić information content (AvgIpc) is 2.16. The van der Waals surface area contributed by atoms with Crippen LogP contribution in [0.1, 0.15) is 10.4 Å². The van der Waals surface area contributed by atoms with E-state index < -0.39 is 5.97 Å². The van der Waals surface area contributed by atoms with Gasteiger partial charge in [0.2, 0.25) is 0 Å². The van der Waals surface area contributed by atoms with E-state index >= 15 is 0 Å². The molecule has 0 aliphatic heterocycles. The highest BCUT2D eigenvalue weighted by Gasteiger charge is 2.11. The van der Waals surface area contributed by atoms with Crippen molar-refractivity contribution in [3.8, 4) is 5.75 Å². The van der Waals surface area contributed by atoms with Gasteiger partial charge in [0.1, 0.15) is 11.3 Å². The van der Waals surface area contributed by atoms with Crippen LogP contribution in [0, 0.1) is 0 Å². The fourth-order valence-electron chi connectivity index (χ4n) is 1.17. The maximum atomic E-state index is 10.7. The molecule has 0 saturated carbocycles. The Bertz CT molecular complexity index is 510. The fraction of sp³-hybridized carbons (Fsp3) is 0. The highest BCUT2D eigenvalue weighted by molar-refractivity contribution is 5.95. The number of aromatic hydroxyl groups is 1. The molecule has 2 rings (SSSR count). The van der Waals surface area contributed by atoms with Gasteiger partial charge in [-0.3, -0.25) is 9.97 Å². The van der Waals surface area contributed by atoms with Crippen molar-refractivity contribution in [3.63, 3.8) is 0 Å². The second kappa shape index (κ2) is 2.95. The molecule has 1 heterocycles. The number of benzene rings is 1. The number of phenols is 1. The first kappa shape index (κ1) is 8.43. The first-order valence-electron chi connectivity index (χ1n) is 3.85. The van der Waals surface area contributed by atoms with Gasteiger partial charge in [-0.1, -0.05) is 0 Å². The van der Waals surface area contributed by atoms with Crippen LogP contribution in [0.2, 0.25) is 0 Å². The zero-order valence-corrected chi connectivity index (χ0v) is 7.01. The first-order valence-corrected chi connectivity index (χ1v) is 3.85. The van der Waals surface area contributed by atoms with Crippen LogP contribution in [-0.2, 0) is 0 Å². The lowest BCUT2D eigenvalue weighted by atomic mass is 10.1. The van der Waals surface area contributed by atoms with E-state index in [0.29, 0.717) is 11.0 Å². The van der Waals surface area contributed by atoms with Crippen LogP contribution in [0.15, 0.2) is 24.5 Å². The Labute approximate surface area is 78.7 Å². The van der Waals surface area contributed by atoms with E-state index in [2.05, 4.69) is 9.97 Å². The molecule has 2 aromatic rings. The van der Waals surface area contributed by atoms with Gasteiger partial charge in [0.25, 0.3) is 0 Å². The molecule has 0 aliphatic carbocycles. The van der Waals surface area contributed by atoms with Crippen molar-refractivity contribution in [2.75, 3.05) is 0 Å². The topological polar surface area (TPSA) is 83.3 Å². The standard InChI is InChI=1S/C9H6N2O3/c12-8-4-7-6(10-1-2-11-7)3-5(8)9(13)14/h1-4,12H,(H,13,14). The molecule has 2 N–H and O–H groups in total. The molecule has 0 radical (unpaired) electrons. The summed E-state index contributed by atoms with van der Waals surface area (Å²) in [7, 11) is 0. The molecule has 0 aliphatic rings. The van der Waals surface area contributed by atoms with Crippen molar-refractivity contribution in [3.05, 3.63) is 30.1 Å². The van der Waals surface area contributed by atoms with Crippen molar-refractivity contribution >= 4 is 17.0 Å². The minimum atomic E-state index is -1.19. The van der Waals surface area contributed by atoms with E-state index in [-0.39, 0.29) is 11.3 Å². The second-order valence-electron chi connectivity index (χ2n) is 2.72. The second-order valence-corrected chi connectivity index (χ2v) is 2.72. The Balaban J connectivity index is 2.77. The highest BCUT2D eigenvalue weighted by Crippen LogP contribution is 2.21. The van der Waals surface area contributed by atoms with Crippen molar-refractivity contribution in [1.82, 2.24) is 9.97 Å². The molecular weight excluding hydrogens is 184 g/mol. The van der Waals surface area contributed by atoms with Gasteiger partial charge in [0.05, 0.1) is 11.0 Å². The van der Waals surface area contributed by atoms with Crippen LogP contribution in [0.5, 0.6) is 5.75 Å². The average molecular weight is 190 g/mol. The molecule has 1 aromatic carbocycles. The van der Waals surface area contributed by atoms with E-state index in [9.17, 15) is 9.90 Å². The number of rotatable bonds is 1. The van der Waals surface area contributed by atoms with Gasteiger partial charge in [0.15, 0.2) is 0 Å². The lowest BCUT2D eigenvalue weighted by molar-refractivity contribution is 0.0694. The largest absolute Gasteiger partial charge is 0.507 e. The third kappa shape index (κ3) is 1.24. The molecular formula is C9H6N2O3. The number of aromatic nitrogens is 2. The number of hydrogen-bond acceptors (Lipinski definition) is 4. The monoisotopic (exact) mass is 190 g/mol. The highest BCUT2D eigenvalue weighted by atomic mass is 16.4. The Morgan fingerprint density at radius 3 is 2.29 bits per heavy atom. The van der Waals surface area contributed by atoms with Gasteiger partial charge in [-0.15, -0.1) is 0 Å². The summed E-state index contributed by atoms with van der Waals surface area (Å²) < 4.78 is 0. The van der Waals surface area contributed by atoms with E-state index in [0.717, 1.165) is 0 Å². The van der Waals surface area contributed by atoms with E-state index in [4.69, 9.17) is 5.11 Å². The number of carboxylic acids is 1. The molecule has 0 spiro atoms. The molecule has 0 saturated heterocycles. The third-order valence-electron chi connectivity index (χ3n) is 1.82. The first-order chi connectivity index (χ1) is 6.68. The Kier molecular flexibility index (Phi) is 1.78. The maximum Gasteiger partial charge on any atom is 0.339 e. The van der Waals surface area contributed by atoms with Crippen molar-refractivity contribution in [2.24, 2.45) is 0 Å². The molecule has 70 valence electrons. The van der Waals surface area contributed by atoms with Crippen LogP contribution in [0.3, 0.4) is 0 Å². The molecule has 5 heteroatoms. The van der Waals surface area contributed by atoms with Crippen molar-refractivity contribution in [2.45, 2.75) is 0 Å². The van der Waals surface area contributed by atoms with E-state index in [1.165, 1.54) is 24.5 Å². The number of nitrogens with zero attached hydrogens (tertiary/aromatic N) is 2. The quantitative estimate of drug-likeness (QED) is 0.701. The van der Waals surface area contributed by atoms with Crippen molar-refractivity contribution in [1.29, 1.82) is 0 Å². The van der Waals surface area contributed by atoms with Crippen LogP contribution < -0.4 is 0 Å². The summed E-state index contributed by atoms with van der Waals surface area (Å²) in [5.41, 5.74) is 0.746. The molecule has 0 atom stereocenters. The fourth-order valence-corrected chi connectivity index (χ4v) is 1.17. The van der Waals surface area contributed by atoms with Crippen molar-refractivity contribution < 1.29 is 15.0 Å². The predicted octanol–water partition coefficient (Wildman–Crippen LogP) is 1.03. The summed E-state index contributed by atoms with van der Waals surface area (Å²) in [4.78, 5) is 18.5. The summed E-state index contributed by atoms with van der Waals surface area (Å²) in [6, 6.07) is 2.58. The predicted molar refractivity (Wildman–Crippen MR) is 48.2 cm³/mol. The maximum absolute atomic E-state index is 10.7. The molecule has 14 heavy (non-hydrogen) atoms. The Morgan fingerprint density at radius 1 is 1.14 bits per heavy atom. The molecule has 0 unspecified atom stereocenters. The lowest BCUT2D eigenvalue weighted by Crippen LogP contribution is -1.97.